The highest BCUT2D eigenvalue weighted by Gasteiger charge is 2.14. The fourth-order valence-corrected chi connectivity index (χ4v) is 4.76. The molecule has 0 aliphatic heterocycles. The van der Waals surface area contributed by atoms with Crippen LogP contribution in [0.25, 0.3) is 6.08 Å². The van der Waals surface area contributed by atoms with Crippen LogP contribution in [0.4, 0.5) is 0 Å². The Balaban J connectivity index is 2.58. The molecule has 0 saturated carbocycles. The molecular formula is C16H25N3O5S2. The first kappa shape index (κ1) is 22.4. The summed E-state index contributed by atoms with van der Waals surface area (Å²) < 4.78 is 12.0. The predicted octanol–water partition coefficient (Wildman–Crippen LogP) is 0.101. The topological polar surface area (TPSA) is 132 Å². The van der Waals surface area contributed by atoms with E-state index in [1.165, 1.54) is 6.08 Å². The first-order chi connectivity index (χ1) is 12.4. The number of aliphatic hydroxyl groups excluding tert-OH is 1. The summed E-state index contributed by atoms with van der Waals surface area (Å²) in [6.45, 7) is 3.30. The number of carbonyl (C=O) groups is 1. The van der Waals surface area contributed by atoms with Gasteiger partial charge in [0.1, 0.15) is 0 Å². The monoisotopic (exact) mass is 403 g/mol. The maximum Gasteiger partial charge on any atom is 0.325 e. The Bertz CT molecular complexity index is 757. The quantitative estimate of drug-likeness (QED) is 0.306. The van der Waals surface area contributed by atoms with Crippen LogP contribution in [0, 0.1) is 6.92 Å². The third kappa shape index (κ3) is 8.15. The van der Waals surface area contributed by atoms with Crippen molar-refractivity contribution in [3.63, 3.8) is 0 Å². The number of hydrogen-bond acceptors (Lipinski definition) is 6. The number of carbonyl (C=O) groups excluding carboxylic acids is 1. The summed E-state index contributed by atoms with van der Waals surface area (Å²) >= 11 is 1.59. The number of unbranched alkanes of at least 4 members (excludes halogenated alkanes) is 1. The van der Waals surface area contributed by atoms with E-state index in [1.54, 1.807) is 18.7 Å². The number of nitrogens with one attached hydrogen (secondary N) is 3. The van der Waals surface area contributed by atoms with Crippen molar-refractivity contribution in [2.24, 2.45) is 0 Å². The van der Waals surface area contributed by atoms with Crippen LogP contribution < -0.4 is 16.6 Å². The molecule has 2 atom stereocenters. The van der Waals surface area contributed by atoms with Gasteiger partial charge in [-0.2, -0.15) is 0 Å². The van der Waals surface area contributed by atoms with Crippen molar-refractivity contribution < 1.29 is 14.1 Å². The maximum absolute atomic E-state index is 12.0. The van der Waals surface area contributed by atoms with Gasteiger partial charge in [0.25, 0.3) is 5.56 Å². The van der Waals surface area contributed by atoms with Crippen LogP contribution in [0.3, 0.4) is 0 Å². The first-order valence-corrected chi connectivity index (χ1v) is 10.9. The lowest BCUT2D eigenvalue weighted by molar-refractivity contribution is -0.117. The van der Waals surface area contributed by atoms with E-state index in [4.69, 9.17) is 0 Å². The lowest BCUT2D eigenvalue weighted by Crippen LogP contribution is -2.40. The summed E-state index contributed by atoms with van der Waals surface area (Å²) in [7, 11) is -1.15. The van der Waals surface area contributed by atoms with Gasteiger partial charge in [0.15, 0.2) is 0 Å². The minimum absolute atomic E-state index is 0.160. The largest absolute Gasteiger partial charge is 0.394 e. The minimum Gasteiger partial charge on any atom is -0.394 e. The van der Waals surface area contributed by atoms with Gasteiger partial charge in [-0.15, -0.1) is 11.8 Å². The zero-order valence-corrected chi connectivity index (χ0v) is 16.5. The number of H-pyrrole nitrogens is 2. The van der Waals surface area contributed by atoms with Crippen molar-refractivity contribution in [2.75, 3.05) is 23.2 Å². The average molecular weight is 404 g/mol. The van der Waals surface area contributed by atoms with E-state index in [9.17, 15) is 23.7 Å². The fourth-order valence-electron chi connectivity index (χ4n) is 2.03. The molecule has 4 N–H and O–H groups in total. The number of thioether (sulfide) groups is 1. The van der Waals surface area contributed by atoms with Crippen molar-refractivity contribution in [1.82, 2.24) is 15.3 Å². The summed E-state index contributed by atoms with van der Waals surface area (Å²) in [5.74, 6) is 0.575. The second-order valence-electron chi connectivity index (χ2n) is 5.65. The lowest BCUT2D eigenvalue weighted by atomic mass is 10.2. The first-order valence-electron chi connectivity index (χ1n) is 8.22. The van der Waals surface area contributed by atoms with Gasteiger partial charge in [0.2, 0.25) is 5.91 Å². The van der Waals surface area contributed by atoms with Crippen LogP contribution in [0.2, 0.25) is 0 Å². The van der Waals surface area contributed by atoms with E-state index in [1.807, 2.05) is 0 Å². The number of hydrogen-bond donors (Lipinski definition) is 4. The van der Waals surface area contributed by atoms with E-state index >= 15 is 0 Å². The fraction of sp³-hybridized carbons (Fsp3) is 0.562. The highest BCUT2D eigenvalue weighted by molar-refractivity contribution is 8.10. The lowest BCUT2D eigenvalue weighted by Gasteiger charge is -2.14. The molecule has 1 aromatic heterocycles. The van der Waals surface area contributed by atoms with Crippen LogP contribution >= 0.6 is 11.8 Å². The molecule has 1 aromatic rings. The van der Waals surface area contributed by atoms with E-state index in [0.29, 0.717) is 10.8 Å². The Labute approximate surface area is 158 Å². The molecule has 1 heterocycles. The summed E-state index contributed by atoms with van der Waals surface area (Å²) in [5.41, 5.74) is -0.712. The van der Waals surface area contributed by atoms with E-state index in [-0.39, 0.29) is 17.9 Å². The molecule has 0 saturated heterocycles. The average Bonchev–Trinajstić information content (AvgIpc) is 2.57. The molecule has 0 bridgehead atoms. The second kappa shape index (κ2) is 11.9. The molecule has 0 spiro atoms. The molecule has 0 radical (unpaired) electrons. The Hall–Kier alpha value is -1.65. The number of aliphatic hydroxyl groups is 1. The maximum atomic E-state index is 12.0. The molecule has 26 heavy (non-hydrogen) atoms. The zero-order chi connectivity index (χ0) is 19.5. The highest BCUT2D eigenvalue weighted by Crippen LogP contribution is 2.07. The Kier molecular flexibility index (Phi) is 10.2. The Morgan fingerprint density at radius 3 is 2.73 bits per heavy atom. The molecule has 10 heteroatoms. The van der Waals surface area contributed by atoms with Gasteiger partial charge in [-0.05, 0) is 25.2 Å². The third-order valence-electron chi connectivity index (χ3n) is 3.39. The molecule has 0 aliphatic rings. The molecular weight excluding hydrogens is 378 g/mol. The van der Waals surface area contributed by atoms with Crippen molar-refractivity contribution in [1.29, 1.82) is 0 Å². The minimum atomic E-state index is -1.15. The number of rotatable bonds is 11. The third-order valence-corrected chi connectivity index (χ3v) is 6.46. The van der Waals surface area contributed by atoms with Gasteiger partial charge in [-0.3, -0.25) is 18.8 Å². The molecule has 1 amide bonds. The standard InChI is InChI=1S/C16H25N3O5S2/c1-3-4-7-25-10-26(24)9-12(8-20)18-14(21)6-5-13-11(2)17-16(23)19-15(13)22/h5-6,12,20H,3-4,7-10H2,1-2H3,(H,18,21)(H2,17,19,22,23)/b6-5+/t12-,26?/m0/s1. The van der Waals surface area contributed by atoms with E-state index in [0.717, 1.165) is 24.7 Å². The Morgan fingerprint density at radius 2 is 2.12 bits per heavy atom. The van der Waals surface area contributed by atoms with Gasteiger partial charge in [-0.1, -0.05) is 13.3 Å². The van der Waals surface area contributed by atoms with Gasteiger partial charge >= 0.3 is 5.69 Å². The molecule has 0 aromatic carbocycles. The number of aromatic nitrogens is 2. The summed E-state index contributed by atoms with van der Waals surface area (Å²) in [5, 5.41) is 12.4. The SMILES string of the molecule is CCCCSCS(=O)C[C@H](CO)NC(=O)/C=C/c1c(C)[nH]c(=O)[nH]c1=O. The summed E-state index contributed by atoms with van der Waals surface area (Å²) in [4.78, 5) is 39.3. The number of aryl methyl sites for hydroxylation is 1. The highest BCUT2D eigenvalue weighted by atomic mass is 32.2. The summed E-state index contributed by atoms with van der Waals surface area (Å²) in [6.07, 6.45) is 4.57. The summed E-state index contributed by atoms with van der Waals surface area (Å²) in [6, 6.07) is -0.630. The molecule has 1 rings (SSSR count). The van der Waals surface area contributed by atoms with Crippen molar-refractivity contribution in [3.8, 4) is 0 Å². The van der Waals surface area contributed by atoms with Crippen LogP contribution in [-0.2, 0) is 15.6 Å². The van der Waals surface area contributed by atoms with Crippen LogP contribution in [0.5, 0.6) is 0 Å². The van der Waals surface area contributed by atoms with Crippen LogP contribution in [0.1, 0.15) is 31.0 Å². The van der Waals surface area contributed by atoms with E-state index < -0.39 is 34.0 Å². The van der Waals surface area contributed by atoms with Gasteiger partial charge in [-0.25, -0.2) is 4.79 Å². The molecule has 8 nitrogen and oxygen atoms in total. The number of aromatic amines is 2. The molecule has 0 aliphatic carbocycles. The van der Waals surface area contributed by atoms with Crippen LogP contribution in [-0.4, -0.2) is 54.4 Å². The van der Waals surface area contributed by atoms with Gasteiger partial charge < -0.3 is 15.4 Å². The molecule has 0 fully saturated rings. The predicted molar refractivity (Wildman–Crippen MR) is 106 cm³/mol. The van der Waals surface area contributed by atoms with Crippen molar-refractivity contribution in [2.45, 2.75) is 32.7 Å². The Morgan fingerprint density at radius 1 is 1.38 bits per heavy atom. The molecule has 146 valence electrons. The van der Waals surface area contributed by atoms with Gasteiger partial charge in [0, 0.05) is 28.3 Å². The molecule has 1 unspecified atom stereocenters. The number of amides is 1. The zero-order valence-electron chi connectivity index (χ0n) is 14.9. The van der Waals surface area contributed by atoms with Crippen LogP contribution in [0.15, 0.2) is 15.7 Å². The normalized spacial score (nSPS) is 13.7. The van der Waals surface area contributed by atoms with E-state index in [2.05, 4.69) is 22.2 Å². The van der Waals surface area contributed by atoms with Crippen molar-refractivity contribution >= 4 is 34.5 Å². The van der Waals surface area contributed by atoms with Crippen molar-refractivity contribution in [3.05, 3.63) is 38.2 Å². The second-order valence-corrected chi connectivity index (χ2v) is 8.63. The van der Waals surface area contributed by atoms with Gasteiger partial charge in [0.05, 0.1) is 23.3 Å². The smallest absolute Gasteiger partial charge is 0.325 e.